The van der Waals surface area contributed by atoms with E-state index in [4.69, 9.17) is 0 Å². The highest BCUT2D eigenvalue weighted by atomic mass is 79.9. The van der Waals surface area contributed by atoms with Crippen LogP contribution in [0.1, 0.15) is 10.5 Å². The molecule has 0 fully saturated rings. The lowest BCUT2D eigenvalue weighted by Crippen LogP contribution is -2.13. The van der Waals surface area contributed by atoms with Gasteiger partial charge in [0.1, 0.15) is 10.3 Å². The minimum Gasteiger partial charge on any atom is -0.320 e. The van der Waals surface area contributed by atoms with Crippen molar-refractivity contribution >= 4 is 54.2 Å². The number of halogens is 2. The van der Waals surface area contributed by atoms with Crippen LogP contribution in [0.15, 0.2) is 63.7 Å². The first-order valence-corrected chi connectivity index (χ1v) is 7.85. The van der Waals surface area contributed by atoms with E-state index in [1.807, 2.05) is 36.4 Å². The molecule has 1 heterocycles. The number of rotatable bonds is 2. The average Bonchev–Trinajstić information content (AvgIpc) is 2.50. The van der Waals surface area contributed by atoms with Crippen molar-refractivity contribution in [1.29, 1.82) is 0 Å². The van der Waals surface area contributed by atoms with Crippen LogP contribution >= 0.6 is 31.9 Å². The fraction of sp³-hybridized carbons (Fsp3) is 0. The lowest BCUT2D eigenvalue weighted by Gasteiger charge is -2.09. The van der Waals surface area contributed by atoms with Crippen molar-refractivity contribution in [3.05, 3.63) is 69.4 Å². The molecule has 0 aliphatic rings. The van der Waals surface area contributed by atoms with E-state index in [-0.39, 0.29) is 5.91 Å². The highest BCUT2D eigenvalue weighted by Gasteiger charge is 2.10. The van der Waals surface area contributed by atoms with Crippen molar-refractivity contribution in [3.8, 4) is 0 Å². The zero-order valence-electron chi connectivity index (χ0n) is 10.8. The van der Waals surface area contributed by atoms with Crippen molar-refractivity contribution in [3.63, 3.8) is 0 Å². The molecule has 21 heavy (non-hydrogen) atoms. The number of pyridine rings is 1. The van der Waals surface area contributed by atoms with Gasteiger partial charge in [-0.2, -0.15) is 0 Å². The summed E-state index contributed by atoms with van der Waals surface area (Å²) in [4.78, 5) is 16.5. The van der Waals surface area contributed by atoms with Crippen molar-refractivity contribution in [2.75, 3.05) is 5.32 Å². The Kier molecular flexibility index (Phi) is 4.03. The summed E-state index contributed by atoms with van der Waals surface area (Å²) < 4.78 is 1.63. The van der Waals surface area contributed by atoms with Gasteiger partial charge in [0.2, 0.25) is 0 Å². The number of hydrogen-bond donors (Lipinski definition) is 1. The molecule has 0 aliphatic carbocycles. The van der Waals surface area contributed by atoms with Crippen LogP contribution in [-0.4, -0.2) is 10.9 Å². The molecule has 2 aromatic carbocycles. The number of amides is 1. The molecule has 0 bridgehead atoms. The smallest absolute Gasteiger partial charge is 0.274 e. The minimum atomic E-state index is -0.233. The quantitative estimate of drug-likeness (QED) is 0.608. The van der Waals surface area contributed by atoms with Crippen molar-refractivity contribution < 1.29 is 4.79 Å². The number of fused-ring (bicyclic) bond motifs is 1. The van der Waals surface area contributed by atoms with Crippen LogP contribution in [0.4, 0.5) is 5.69 Å². The van der Waals surface area contributed by atoms with E-state index in [0.717, 1.165) is 20.9 Å². The molecule has 3 nitrogen and oxygen atoms in total. The molecule has 3 rings (SSSR count). The molecule has 0 saturated carbocycles. The molecule has 0 atom stereocenters. The van der Waals surface area contributed by atoms with Crippen LogP contribution in [0.5, 0.6) is 0 Å². The van der Waals surface area contributed by atoms with Gasteiger partial charge >= 0.3 is 0 Å². The maximum absolute atomic E-state index is 12.3. The molecule has 1 N–H and O–H groups in total. The second kappa shape index (κ2) is 5.95. The highest BCUT2D eigenvalue weighted by molar-refractivity contribution is 9.10. The van der Waals surface area contributed by atoms with E-state index >= 15 is 0 Å². The second-order valence-corrected chi connectivity index (χ2v) is 6.11. The first-order chi connectivity index (χ1) is 10.1. The third-order valence-corrected chi connectivity index (χ3v) is 4.20. The van der Waals surface area contributed by atoms with Crippen LogP contribution in [0.25, 0.3) is 10.8 Å². The first-order valence-electron chi connectivity index (χ1n) is 6.26. The van der Waals surface area contributed by atoms with Gasteiger partial charge in [-0.05, 0) is 45.6 Å². The van der Waals surface area contributed by atoms with E-state index in [0.29, 0.717) is 10.3 Å². The third kappa shape index (κ3) is 2.99. The number of anilines is 1. The number of nitrogens with zero attached hydrogens (tertiary/aromatic N) is 1. The fourth-order valence-corrected chi connectivity index (χ4v) is 2.91. The van der Waals surface area contributed by atoms with Crippen molar-refractivity contribution in [2.24, 2.45) is 0 Å². The van der Waals surface area contributed by atoms with Crippen LogP contribution in [0.3, 0.4) is 0 Å². The lowest BCUT2D eigenvalue weighted by molar-refractivity contribution is 0.102. The standard InChI is InChI=1S/C16H10Br2N2O/c17-12-8-9-13(11-5-2-1-4-10(11)12)20-16(21)14-6-3-7-15(18)19-14/h1-9H,(H,20,21). The van der Waals surface area contributed by atoms with E-state index in [9.17, 15) is 4.79 Å². The predicted molar refractivity (Wildman–Crippen MR) is 91.5 cm³/mol. The lowest BCUT2D eigenvalue weighted by atomic mass is 10.1. The summed E-state index contributed by atoms with van der Waals surface area (Å²) in [6, 6.07) is 16.9. The summed E-state index contributed by atoms with van der Waals surface area (Å²) in [7, 11) is 0. The van der Waals surface area contributed by atoms with E-state index in [2.05, 4.69) is 42.2 Å². The molecular formula is C16H10Br2N2O. The van der Waals surface area contributed by atoms with Crippen LogP contribution in [0, 0.1) is 0 Å². The van der Waals surface area contributed by atoms with Gasteiger partial charge in [0.05, 0.1) is 0 Å². The van der Waals surface area contributed by atoms with Crippen LogP contribution in [-0.2, 0) is 0 Å². The van der Waals surface area contributed by atoms with Crippen LogP contribution < -0.4 is 5.32 Å². The Labute approximate surface area is 138 Å². The summed E-state index contributed by atoms with van der Waals surface area (Å²) in [6.45, 7) is 0. The van der Waals surface area contributed by atoms with Gasteiger partial charge in [-0.1, -0.05) is 46.3 Å². The Morgan fingerprint density at radius 2 is 1.67 bits per heavy atom. The molecule has 0 unspecified atom stereocenters. The van der Waals surface area contributed by atoms with Gasteiger partial charge in [-0.3, -0.25) is 4.79 Å². The van der Waals surface area contributed by atoms with E-state index < -0.39 is 0 Å². The average molecular weight is 406 g/mol. The Morgan fingerprint density at radius 3 is 2.43 bits per heavy atom. The van der Waals surface area contributed by atoms with Crippen LogP contribution in [0.2, 0.25) is 0 Å². The van der Waals surface area contributed by atoms with Gasteiger partial charge in [0, 0.05) is 15.5 Å². The molecule has 0 spiro atoms. The zero-order chi connectivity index (χ0) is 14.8. The van der Waals surface area contributed by atoms with E-state index in [1.165, 1.54) is 0 Å². The Morgan fingerprint density at radius 1 is 0.905 bits per heavy atom. The van der Waals surface area contributed by atoms with Gasteiger partial charge in [-0.25, -0.2) is 4.98 Å². The molecule has 0 radical (unpaired) electrons. The number of carbonyl (C=O) groups excluding carboxylic acids is 1. The predicted octanol–water partition coefficient (Wildman–Crippen LogP) is 5.01. The molecule has 5 heteroatoms. The fourth-order valence-electron chi connectivity index (χ4n) is 2.09. The Balaban J connectivity index is 1.99. The Bertz CT molecular complexity index is 833. The normalized spacial score (nSPS) is 10.6. The summed E-state index contributed by atoms with van der Waals surface area (Å²) >= 11 is 6.79. The monoisotopic (exact) mass is 404 g/mol. The van der Waals surface area contributed by atoms with Gasteiger partial charge in [-0.15, -0.1) is 0 Å². The topological polar surface area (TPSA) is 42.0 Å². The molecule has 0 aliphatic heterocycles. The SMILES string of the molecule is O=C(Nc1ccc(Br)c2ccccc12)c1cccc(Br)n1. The molecule has 1 amide bonds. The molecule has 3 aromatic rings. The molecule has 0 saturated heterocycles. The van der Waals surface area contributed by atoms with Gasteiger partial charge in [0.15, 0.2) is 0 Å². The summed E-state index contributed by atoms with van der Waals surface area (Å²) in [5.41, 5.74) is 1.14. The second-order valence-electron chi connectivity index (χ2n) is 4.44. The zero-order valence-corrected chi connectivity index (χ0v) is 14.0. The summed E-state index contributed by atoms with van der Waals surface area (Å²) in [5.74, 6) is -0.233. The third-order valence-electron chi connectivity index (χ3n) is 3.07. The molecule has 104 valence electrons. The van der Waals surface area contributed by atoms with Gasteiger partial charge in [0.25, 0.3) is 5.91 Å². The maximum atomic E-state index is 12.3. The molecule has 1 aromatic heterocycles. The molecular weight excluding hydrogens is 396 g/mol. The number of hydrogen-bond acceptors (Lipinski definition) is 2. The number of benzene rings is 2. The van der Waals surface area contributed by atoms with Crippen molar-refractivity contribution in [1.82, 2.24) is 4.98 Å². The van der Waals surface area contributed by atoms with E-state index in [1.54, 1.807) is 18.2 Å². The highest BCUT2D eigenvalue weighted by Crippen LogP contribution is 2.30. The first kappa shape index (κ1) is 14.2. The minimum absolute atomic E-state index is 0.233. The largest absolute Gasteiger partial charge is 0.320 e. The number of nitrogens with one attached hydrogen (secondary N) is 1. The Hall–Kier alpha value is -1.72. The maximum Gasteiger partial charge on any atom is 0.274 e. The van der Waals surface area contributed by atoms with Crippen molar-refractivity contribution in [2.45, 2.75) is 0 Å². The van der Waals surface area contributed by atoms with Gasteiger partial charge < -0.3 is 5.32 Å². The number of aromatic nitrogens is 1. The number of carbonyl (C=O) groups is 1. The summed E-state index contributed by atoms with van der Waals surface area (Å²) in [6.07, 6.45) is 0. The summed E-state index contributed by atoms with van der Waals surface area (Å²) in [5, 5.41) is 4.95.